The normalized spacial score (nSPS) is 24.0. The Balaban J connectivity index is 2.15. The van der Waals surface area contributed by atoms with E-state index in [2.05, 4.69) is 16.9 Å². The minimum Gasteiger partial charge on any atom is -0.447 e. The van der Waals surface area contributed by atoms with E-state index < -0.39 is 0 Å². The van der Waals surface area contributed by atoms with E-state index in [1.807, 2.05) is 0 Å². The molecule has 1 aliphatic rings. The lowest BCUT2D eigenvalue weighted by molar-refractivity contribution is 0.311. The topological polar surface area (TPSA) is 55.3 Å². The quantitative estimate of drug-likeness (QED) is 0.736. The van der Waals surface area contributed by atoms with Crippen molar-refractivity contribution in [2.75, 3.05) is 13.6 Å². The van der Waals surface area contributed by atoms with E-state index in [4.69, 9.17) is 10.2 Å². The van der Waals surface area contributed by atoms with Crippen LogP contribution in [0.4, 0.5) is 0 Å². The van der Waals surface area contributed by atoms with Gasteiger partial charge in [-0.25, -0.2) is 4.98 Å². The van der Waals surface area contributed by atoms with Gasteiger partial charge in [-0.2, -0.15) is 0 Å². The summed E-state index contributed by atoms with van der Waals surface area (Å²) >= 11 is 0. The van der Waals surface area contributed by atoms with Crippen LogP contribution >= 0.6 is 0 Å². The van der Waals surface area contributed by atoms with Crippen molar-refractivity contribution in [3.8, 4) is 0 Å². The molecule has 0 radical (unpaired) electrons. The van der Waals surface area contributed by atoms with Crippen molar-refractivity contribution in [2.45, 2.75) is 25.4 Å². The summed E-state index contributed by atoms with van der Waals surface area (Å²) in [5.41, 5.74) is 6.45. The molecular formula is C9H15N3O. The van der Waals surface area contributed by atoms with Crippen LogP contribution in [0.5, 0.6) is 0 Å². The Morgan fingerprint density at radius 3 is 3.15 bits per heavy atom. The number of hydrogen-bond donors (Lipinski definition) is 1. The zero-order valence-corrected chi connectivity index (χ0v) is 7.86. The van der Waals surface area contributed by atoms with E-state index in [9.17, 15) is 0 Å². The molecule has 2 N–H and O–H groups in total. The molecule has 4 nitrogen and oxygen atoms in total. The van der Waals surface area contributed by atoms with E-state index in [-0.39, 0.29) is 0 Å². The third-order valence-corrected chi connectivity index (χ3v) is 2.61. The number of rotatable bonds is 2. The predicted molar refractivity (Wildman–Crippen MR) is 49.0 cm³/mol. The summed E-state index contributed by atoms with van der Waals surface area (Å²) < 4.78 is 5.21. The molecule has 0 bridgehead atoms. The summed E-state index contributed by atoms with van der Waals surface area (Å²) in [6, 6.07) is 0.434. The molecule has 0 saturated carbocycles. The fraction of sp³-hybridized carbons (Fsp3) is 0.667. The molecule has 0 aliphatic carbocycles. The van der Waals surface area contributed by atoms with E-state index in [0.29, 0.717) is 18.5 Å². The third kappa shape index (κ3) is 1.59. The molecule has 72 valence electrons. The van der Waals surface area contributed by atoms with Crippen LogP contribution in [-0.2, 0) is 6.54 Å². The van der Waals surface area contributed by atoms with Gasteiger partial charge in [0, 0.05) is 0 Å². The van der Waals surface area contributed by atoms with Crippen molar-refractivity contribution in [2.24, 2.45) is 5.73 Å². The molecule has 0 spiro atoms. The van der Waals surface area contributed by atoms with Crippen molar-refractivity contribution in [1.82, 2.24) is 9.88 Å². The number of aromatic nitrogens is 1. The van der Waals surface area contributed by atoms with Crippen molar-refractivity contribution in [3.63, 3.8) is 0 Å². The molecule has 1 aliphatic heterocycles. The smallest absolute Gasteiger partial charge is 0.208 e. The lowest BCUT2D eigenvalue weighted by Crippen LogP contribution is -2.17. The van der Waals surface area contributed by atoms with Crippen molar-refractivity contribution >= 4 is 0 Å². The van der Waals surface area contributed by atoms with Gasteiger partial charge in [-0.3, -0.25) is 4.90 Å². The first-order valence-electron chi connectivity index (χ1n) is 4.66. The van der Waals surface area contributed by atoms with Crippen molar-refractivity contribution in [3.05, 3.63) is 17.8 Å². The summed E-state index contributed by atoms with van der Waals surface area (Å²) in [6.07, 6.45) is 4.15. The first kappa shape index (κ1) is 8.72. The van der Waals surface area contributed by atoms with Crippen molar-refractivity contribution < 1.29 is 4.42 Å². The van der Waals surface area contributed by atoms with Gasteiger partial charge in [0.05, 0.1) is 18.3 Å². The van der Waals surface area contributed by atoms with E-state index >= 15 is 0 Å². The molecular weight excluding hydrogens is 166 g/mol. The Morgan fingerprint density at radius 1 is 1.77 bits per heavy atom. The second-order valence-electron chi connectivity index (χ2n) is 3.51. The fourth-order valence-corrected chi connectivity index (χ4v) is 1.86. The standard InChI is InChI=1S/C9H15N3O/c1-12-4-2-3-8(12)7-6-13-9(5-10)11-7/h6,8H,2-5,10H2,1H3. The lowest BCUT2D eigenvalue weighted by Gasteiger charge is -2.15. The maximum atomic E-state index is 5.43. The first-order valence-corrected chi connectivity index (χ1v) is 4.66. The van der Waals surface area contributed by atoms with Crippen LogP contribution in [0.1, 0.15) is 30.5 Å². The van der Waals surface area contributed by atoms with Gasteiger partial charge in [-0.05, 0) is 26.4 Å². The molecule has 1 unspecified atom stereocenters. The molecule has 2 heterocycles. The van der Waals surface area contributed by atoms with Crippen LogP contribution in [0.25, 0.3) is 0 Å². The molecule has 4 heteroatoms. The summed E-state index contributed by atoms with van der Waals surface area (Å²) in [6.45, 7) is 1.53. The summed E-state index contributed by atoms with van der Waals surface area (Å²) in [5, 5.41) is 0. The van der Waals surface area contributed by atoms with Crippen LogP contribution in [0.3, 0.4) is 0 Å². The number of hydrogen-bond acceptors (Lipinski definition) is 4. The molecule has 1 fully saturated rings. The van der Waals surface area contributed by atoms with Crippen molar-refractivity contribution in [1.29, 1.82) is 0 Å². The zero-order chi connectivity index (χ0) is 9.26. The summed E-state index contributed by atoms with van der Waals surface area (Å²) in [7, 11) is 2.12. The van der Waals surface area contributed by atoms with Crippen LogP contribution in [0.15, 0.2) is 10.7 Å². The summed E-state index contributed by atoms with van der Waals surface area (Å²) in [5.74, 6) is 0.635. The van der Waals surface area contributed by atoms with Crippen LogP contribution < -0.4 is 5.73 Å². The summed E-state index contributed by atoms with van der Waals surface area (Å²) in [4.78, 5) is 6.63. The first-order chi connectivity index (χ1) is 6.31. The third-order valence-electron chi connectivity index (χ3n) is 2.61. The second-order valence-corrected chi connectivity index (χ2v) is 3.51. The Hall–Kier alpha value is -0.870. The highest BCUT2D eigenvalue weighted by molar-refractivity contribution is 5.05. The molecule has 1 saturated heterocycles. The van der Waals surface area contributed by atoms with Gasteiger partial charge in [0.2, 0.25) is 5.89 Å². The highest BCUT2D eigenvalue weighted by Gasteiger charge is 2.25. The van der Waals surface area contributed by atoms with Gasteiger partial charge in [0.1, 0.15) is 6.26 Å². The Labute approximate surface area is 77.7 Å². The average Bonchev–Trinajstić information content (AvgIpc) is 2.71. The number of nitrogens with two attached hydrogens (primary N) is 1. The number of nitrogens with zero attached hydrogens (tertiary/aromatic N) is 2. The van der Waals surface area contributed by atoms with E-state index in [1.165, 1.54) is 12.8 Å². The zero-order valence-electron chi connectivity index (χ0n) is 7.86. The molecule has 1 aromatic heterocycles. The predicted octanol–water partition coefficient (Wildman–Crippen LogP) is 0.900. The van der Waals surface area contributed by atoms with Crippen LogP contribution in [-0.4, -0.2) is 23.5 Å². The highest BCUT2D eigenvalue weighted by Crippen LogP contribution is 2.29. The van der Waals surface area contributed by atoms with Gasteiger partial charge in [0.25, 0.3) is 0 Å². The molecule has 13 heavy (non-hydrogen) atoms. The molecule has 0 aromatic carbocycles. The van der Waals surface area contributed by atoms with Gasteiger partial charge >= 0.3 is 0 Å². The SMILES string of the molecule is CN1CCCC1c1coc(CN)n1. The van der Waals surface area contributed by atoms with Gasteiger partial charge in [-0.1, -0.05) is 0 Å². The largest absolute Gasteiger partial charge is 0.447 e. The monoisotopic (exact) mass is 181 g/mol. The van der Waals surface area contributed by atoms with Gasteiger partial charge in [-0.15, -0.1) is 0 Å². The molecule has 0 amide bonds. The Kier molecular flexibility index (Phi) is 2.33. The average molecular weight is 181 g/mol. The Morgan fingerprint density at radius 2 is 2.62 bits per heavy atom. The van der Waals surface area contributed by atoms with Gasteiger partial charge in [0.15, 0.2) is 0 Å². The van der Waals surface area contributed by atoms with Gasteiger partial charge < -0.3 is 10.2 Å². The number of likely N-dealkylation sites (tertiary alicyclic amines) is 1. The lowest BCUT2D eigenvalue weighted by atomic mass is 10.2. The molecule has 1 atom stereocenters. The maximum absolute atomic E-state index is 5.43. The molecule has 1 aromatic rings. The van der Waals surface area contributed by atoms with E-state index in [0.717, 1.165) is 12.2 Å². The number of oxazole rings is 1. The van der Waals surface area contributed by atoms with Crippen LogP contribution in [0, 0.1) is 0 Å². The molecule has 2 rings (SSSR count). The van der Waals surface area contributed by atoms with Crippen LogP contribution in [0.2, 0.25) is 0 Å². The minimum atomic E-state index is 0.385. The maximum Gasteiger partial charge on any atom is 0.208 e. The second kappa shape index (κ2) is 3.47. The van der Waals surface area contributed by atoms with E-state index in [1.54, 1.807) is 6.26 Å². The minimum absolute atomic E-state index is 0.385. The fourth-order valence-electron chi connectivity index (χ4n) is 1.86. The highest BCUT2D eigenvalue weighted by atomic mass is 16.3. The Bertz CT molecular complexity index is 284.